The van der Waals surface area contributed by atoms with Crippen molar-refractivity contribution in [1.29, 1.82) is 0 Å². The first-order valence-corrected chi connectivity index (χ1v) is 8.46. The van der Waals surface area contributed by atoms with Crippen molar-refractivity contribution in [2.24, 2.45) is 0 Å². The van der Waals surface area contributed by atoms with Gasteiger partial charge in [0.1, 0.15) is 11.5 Å². The fraction of sp³-hybridized carbons (Fsp3) is 0.238. The number of aliphatic hydroxyl groups is 1. The molecule has 6 heteroatoms. The van der Waals surface area contributed by atoms with Crippen LogP contribution in [0.3, 0.4) is 0 Å². The zero-order chi connectivity index (χ0) is 19.6. The van der Waals surface area contributed by atoms with Gasteiger partial charge in [0.2, 0.25) is 0 Å². The maximum atomic E-state index is 13.0. The Bertz CT molecular complexity index is 907. The van der Waals surface area contributed by atoms with Crippen molar-refractivity contribution in [2.45, 2.75) is 12.0 Å². The Kier molecular flexibility index (Phi) is 5.01. The van der Waals surface area contributed by atoms with Crippen molar-refractivity contribution in [1.82, 2.24) is 0 Å². The number of nitrogens with zero attached hydrogens (tertiary/aromatic N) is 1. The van der Waals surface area contributed by atoms with E-state index in [1.54, 1.807) is 42.5 Å². The minimum atomic E-state index is -1.94. The molecule has 1 aliphatic rings. The highest BCUT2D eigenvalue weighted by Crippen LogP contribution is 2.43. The standard InChI is InChI=1S/C21H21NO5/c1-4-11-22-17-8-6-5-7-16(17)21(25,20(22)24)13-18(23)15-12-14(26-2)9-10-19(15)27-3/h4-10,12,25H,1,11,13H2,2-3H3. The van der Waals surface area contributed by atoms with Crippen molar-refractivity contribution >= 4 is 17.4 Å². The van der Waals surface area contributed by atoms with Gasteiger partial charge >= 0.3 is 0 Å². The summed E-state index contributed by atoms with van der Waals surface area (Å²) in [5, 5.41) is 11.2. The first-order valence-electron chi connectivity index (χ1n) is 8.46. The summed E-state index contributed by atoms with van der Waals surface area (Å²) in [4.78, 5) is 27.4. The van der Waals surface area contributed by atoms with Gasteiger partial charge in [-0.05, 0) is 24.3 Å². The lowest BCUT2D eigenvalue weighted by Crippen LogP contribution is -2.42. The molecule has 1 atom stereocenters. The number of carbonyl (C=O) groups is 2. The van der Waals surface area contributed by atoms with Crippen molar-refractivity contribution in [3.63, 3.8) is 0 Å². The highest BCUT2D eigenvalue weighted by atomic mass is 16.5. The van der Waals surface area contributed by atoms with Gasteiger partial charge in [0.05, 0.1) is 31.9 Å². The van der Waals surface area contributed by atoms with Crippen molar-refractivity contribution in [3.8, 4) is 11.5 Å². The molecule has 0 bridgehead atoms. The summed E-state index contributed by atoms with van der Waals surface area (Å²) in [5.74, 6) is -0.126. The number of amides is 1. The third kappa shape index (κ3) is 3.08. The number of ketones is 1. The normalized spacial score (nSPS) is 18.2. The van der Waals surface area contributed by atoms with Crippen LogP contribution in [0.2, 0.25) is 0 Å². The molecular weight excluding hydrogens is 346 g/mol. The molecule has 0 aromatic heterocycles. The van der Waals surface area contributed by atoms with E-state index in [1.165, 1.54) is 25.2 Å². The minimum Gasteiger partial charge on any atom is -0.497 e. The molecule has 1 amide bonds. The lowest BCUT2D eigenvalue weighted by molar-refractivity contribution is -0.135. The number of para-hydroxylation sites is 1. The number of rotatable bonds is 7. The van der Waals surface area contributed by atoms with Gasteiger partial charge in [-0.2, -0.15) is 0 Å². The average Bonchev–Trinajstić information content (AvgIpc) is 2.90. The molecule has 1 unspecified atom stereocenters. The van der Waals surface area contributed by atoms with Crippen LogP contribution < -0.4 is 14.4 Å². The van der Waals surface area contributed by atoms with E-state index < -0.39 is 23.7 Å². The topological polar surface area (TPSA) is 76.1 Å². The molecule has 27 heavy (non-hydrogen) atoms. The van der Waals surface area contributed by atoms with E-state index >= 15 is 0 Å². The van der Waals surface area contributed by atoms with Gasteiger partial charge in [-0.3, -0.25) is 9.59 Å². The van der Waals surface area contributed by atoms with E-state index in [1.807, 2.05) is 0 Å². The molecule has 3 rings (SSSR count). The van der Waals surface area contributed by atoms with Crippen LogP contribution >= 0.6 is 0 Å². The van der Waals surface area contributed by atoms with Gasteiger partial charge in [0.15, 0.2) is 11.4 Å². The number of benzene rings is 2. The Labute approximate surface area is 157 Å². The highest BCUT2D eigenvalue weighted by Gasteiger charge is 2.50. The second-order valence-corrected chi connectivity index (χ2v) is 6.25. The molecule has 140 valence electrons. The zero-order valence-electron chi connectivity index (χ0n) is 15.3. The van der Waals surface area contributed by atoms with E-state index in [4.69, 9.17) is 9.47 Å². The van der Waals surface area contributed by atoms with E-state index in [0.29, 0.717) is 22.7 Å². The smallest absolute Gasteiger partial charge is 0.264 e. The molecule has 0 radical (unpaired) electrons. The third-order valence-corrected chi connectivity index (χ3v) is 4.67. The van der Waals surface area contributed by atoms with E-state index in [0.717, 1.165) is 0 Å². The number of methoxy groups -OCH3 is 2. The maximum Gasteiger partial charge on any atom is 0.264 e. The van der Waals surface area contributed by atoms with Gasteiger partial charge in [-0.25, -0.2) is 0 Å². The maximum absolute atomic E-state index is 13.0. The molecule has 1 heterocycles. The van der Waals surface area contributed by atoms with Crippen LogP contribution in [-0.4, -0.2) is 37.6 Å². The van der Waals surface area contributed by atoms with Crippen LogP contribution in [0, 0.1) is 0 Å². The summed E-state index contributed by atoms with van der Waals surface area (Å²) in [6.07, 6.45) is 1.17. The molecular formula is C21H21NO5. The quantitative estimate of drug-likeness (QED) is 0.601. The SMILES string of the molecule is C=CCN1C(=O)C(O)(CC(=O)c2cc(OC)ccc2OC)c2ccccc21. The van der Waals surface area contributed by atoms with Crippen LogP contribution in [0.25, 0.3) is 0 Å². The van der Waals surface area contributed by atoms with Gasteiger partial charge in [0.25, 0.3) is 5.91 Å². The van der Waals surface area contributed by atoms with Gasteiger partial charge in [-0.1, -0.05) is 24.3 Å². The van der Waals surface area contributed by atoms with Crippen molar-refractivity contribution in [3.05, 3.63) is 66.2 Å². The lowest BCUT2D eigenvalue weighted by Gasteiger charge is -2.22. The van der Waals surface area contributed by atoms with Gasteiger partial charge in [0, 0.05) is 12.1 Å². The summed E-state index contributed by atoms with van der Waals surface area (Å²) in [6.45, 7) is 3.90. The monoisotopic (exact) mass is 367 g/mol. The summed E-state index contributed by atoms with van der Waals surface area (Å²) in [7, 11) is 2.95. The summed E-state index contributed by atoms with van der Waals surface area (Å²) in [5.41, 5.74) is -0.704. The molecule has 6 nitrogen and oxygen atoms in total. The fourth-order valence-electron chi connectivity index (χ4n) is 3.35. The predicted octanol–water partition coefficient (Wildman–Crippen LogP) is 2.70. The Morgan fingerprint density at radius 1 is 1.22 bits per heavy atom. The molecule has 2 aromatic carbocycles. The van der Waals surface area contributed by atoms with Crippen LogP contribution in [0.5, 0.6) is 11.5 Å². The summed E-state index contributed by atoms with van der Waals surface area (Å²) in [6, 6.07) is 11.7. The highest BCUT2D eigenvalue weighted by molar-refractivity contribution is 6.11. The van der Waals surface area contributed by atoms with E-state index in [9.17, 15) is 14.7 Å². The first kappa shape index (κ1) is 18.7. The molecule has 1 aliphatic heterocycles. The Hall–Kier alpha value is -3.12. The zero-order valence-corrected chi connectivity index (χ0v) is 15.3. The Balaban J connectivity index is 2.01. The number of anilines is 1. The number of ether oxygens (including phenoxy) is 2. The Morgan fingerprint density at radius 2 is 1.96 bits per heavy atom. The van der Waals surface area contributed by atoms with Gasteiger partial charge in [-0.15, -0.1) is 6.58 Å². The van der Waals surface area contributed by atoms with E-state index in [-0.39, 0.29) is 12.1 Å². The predicted molar refractivity (Wildman–Crippen MR) is 101 cm³/mol. The molecule has 0 saturated heterocycles. The number of hydrogen-bond acceptors (Lipinski definition) is 5. The van der Waals surface area contributed by atoms with Crippen LogP contribution in [0.4, 0.5) is 5.69 Å². The second-order valence-electron chi connectivity index (χ2n) is 6.25. The third-order valence-electron chi connectivity index (χ3n) is 4.67. The average molecular weight is 367 g/mol. The molecule has 0 fully saturated rings. The van der Waals surface area contributed by atoms with Crippen LogP contribution in [-0.2, 0) is 10.4 Å². The molecule has 0 spiro atoms. The van der Waals surface area contributed by atoms with Crippen molar-refractivity contribution < 1.29 is 24.2 Å². The van der Waals surface area contributed by atoms with Gasteiger partial charge < -0.3 is 19.5 Å². The number of fused-ring (bicyclic) bond motifs is 1. The minimum absolute atomic E-state index is 0.245. The van der Waals surface area contributed by atoms with Crippen molar-refractivity contribution in [2.75, 3.05) is 25.7 Å². The number of carbonyl (C=O) groups excluding carboxylic acids is 2. The molecule has 0 saturated carbocycles. The molecule has 1 N–H and O–H groups in total. The Morgan fingerprint density at radius 3 is 2.63 bits per heavy atom. The van der Waals surface area contributed by atoms with E-state index in [2.05, 4.69) is 6.58 Å². The largest absolute Gasteiger partial charge is 0.497 e. The fourth-order valence-corrected chi connectivity index (χ4v) is 3.35. The second kappa shape index (κ2) is 7.25. The number of hydrogen-bond donors (Lipinski definition) is 1. The number of Topliss-reactive ketones (excluding diaryl/α,β-unsaturated/α-hetero) is 1. The summed E-state index contributed by atoms with van der Waals surface area (Å²) >= 11 is 0. The molecule has 0 aliphatic carbocycles. The summed E-state index contributed by atoms with van der Waals surface area (Å²) < 4.78 is 10.4. The first-order chi connectivity index (χ1) is 13.0. The van der Waals surface area contributed by atoms with Crippen LogP contribution in [0.15, 0.2) is 55.1 Å². The lowest BCUT2D eigenvalue weighted by atomic mass is 9.88. The molecule has 2 aromatic rings. The van der Waals surface area contributed by atoms with Crippen LogP contribution in [0.1, 0.15) is 22.3 Å².